The highest BCUT2D eigenvalue weighted by Gasteiger charge is 2.56. The first-order chi connectivity index (χ1) is 9.10. The van der Waals surface area contributed by atoms with Crippen LogP contribution in [0.25, 0.3) is 0 Å². The molecule has 19 heavy (non-hydrogen) atoms. The highest BCUT2D eigenvalue weighted by atomic mass is 35.5. The van der Waals surface area contributed by atoms with Crippen LogP contribution in [0.5, 0.6) is 0 Å². The highest BCUT2D eigenvalue weighted by Crippen LogP contribution is 2.47. The van der Waals surface area contributed by atoms with E-state index in [1.165, 1.54) is 0 Å². The Morgan fingerprint density at radius 3 is 2.74 bits per heavy atom. The summed E-state index contributed by atoms with van der Waals surface area (Å²) in [4.78, 5) is 14.3. The summed E-state index contributed by atoms with van der Waals surface area (Å²) >= 11 is 12.6. The van der Waals surface area contributed by atoms with Gasteiger partial charge in [-0.15, -0.1) is 0 Å². The van der Waals surface area contributed by atoms with E-state index in [2.05, 4.69) is 6.08 Å². The number of rotatable bonds is 2. The van der Waals surface area contributed by atoms with Gasteiger partial charge in [0, 0.05) is 18.5 Å². The lowest BCUT2D eigenvalue weighted by molar-refractivity contribution is -0.130. The summed E-state index contributed by atoms with van der Waals surface area (Å²) in [5, 5.41) is 0. The number of carbonyl (C=O) groups is 1. The number of halogens is 2. The van der Waals surface area contributed by atoms with Crippen LogP contribution in [0.15, 0.2) is 42.5 Å². The molecule has 0 saturated carbocycles. The maximum atomic E-state index is 12.4. The molecule has 2 atom stereocenters. The van der Waals surface area contributed by atoms with E-state index in [4.69, 9.17) is 23.2 Å². The summed E-state index contributed by atoms with van der Waals surface area (Å²) in [6.45, 7) is 0.579. The first kappa shape index (κ1) is 13.0. The number of likely N-dealkylation sites (tertiary alicyclic amines) is 1. The molecule has 1 heterocycles. The fraction of sp³-hybridized carbons (Fsp3) is 0.400. The predicted molar refractivity (Wildman–Crippen MR) is 77.1 cm³/mol. The van der Waals surface area contributed by atoms with E-state index in [1.54, 1.807) is 0 Å². The average molecular weight is 296 g/mol. The van der Waals surface area contributed by atoms with E-state index < -0.39 is 4.33 Å². The lowest BCUT2D eigenvalue weighted by Crippen LogP contribution is -2.35. The summed E-state index contributed by atoms with van der Waals surface area (Å²) in [7, 11) is 0. The first-order valence-corrected chi connectivity index (χ1v) is 7.26. The molecule has 0 radical (unpaired) electrons. The van der Waals surface area contributed by atoms with Crippen molar-refractivity contribution in [2.24, 2.45) is 5.92 Å². The van der Waals surface area contributed by atoms with E-state index in [1.807, 2.05) is 41.3 Å². The number of hydrogen-bond acceptors (Lipinski definition) is 1. The minimum Gasteiger partial charge on any atom is -0.332 e. The number of alkyl halides is 2. The molecule has 4 heteroatoms. The number of fused-ring (bicyclic) bond motifs is 1. The molecule has 1 aliphatic carbocycles. The number of carbonyl (C=O) groups excluding carboxylic acids is 1. The normalized spacial score (nSPS) is 28.5. The van der Waals surface area contributed by atoms with Crippen LogP contribution in [-0.2, 0) is 11.3 Å². The molecule has 1 fully saturated rings. The van der Waals surface area contributed by atoms with Crippen molar-refractivity contribution in [3.05, 3.63) is 48.0 Å². The molecule has 1 aliphatic heterocycles. The van der Waals surface area contributed by atoms with Crippen molar-refractivity contribution >= 4 is 29.1 Å². The predicted octanol–water partition coefficient (Wildman–Crippen LogP) is 3.54. The molecule has 3 rings (SSSR count). The Morgan fingerprint density at radius 2 is 2.00 bits per heavy atom. The second-order valence-electron chi connectivity index (χ2n) is 5.14. The number of benzene rings is 1. The van der Waals surface area contributed by atoms with Gasteiger partial charge < -0.3 is 4.90 Å². The molecule has 100 valence electrons. The zero-order chi connectivity index (χ0) is 13.5. The number of allylic oxidation sites excluding steroid dienone is 1. The van der Waals surface area contributed by atoms with Crippen molar-refractivity contribution < 1.29 is 4.79 Å². The van der Waals surface area contributed by atoms with Crippen molar-refractivity contribution in [2.45, 2.75) is 29.8 Å². The lowest BCUT2D eigenvalue weighted by Gasteiger charge is -2.29. The summed E-state index contributed by atoms with van der Waals surface area (Å²) in [5.74, 6) is -0.262. The monoisotopic (exact) mass is 295 g/mol. The molecule has 1 aromatic rings. The Hall–Kier alpha value is -0.990. The largest absolute Gasteiger partial charge is 0.332 e. The van der Waals surface area contributed by atoms with Gasteiger partial charge in [0.2, 0.25) is 4.33 Å². The minimum absolute atomic E-state index is 0.0965. The summed E-state index contributed by atoms with van der Waals surface area (Å²) in [5.41, 5.74) is 1.11. The van der Waals surface area contributed by atoms with Crippen molar-refractivity contribution in [1.29, 1.82) is 0 Å². The van der Waals surface area contributed by atoms with Gasteiger partial charge in [-0.25, -0.2) is 0 Å². The zero-order valence-electron chi connectivity index (χ0n) is 10.4. The fourth-order valence-corrected chi connectivity index (χ4v) is 3.64. The summed E-state index contributed by atoms with van der Waals surface area (Å²) in [6, 6.07) is 10.1. The zero-order valence-corrected chi connectivity index (χ0v) is 11.9. The third-order valence-electron chi connectivity index (χ3n) is 3.95. The summed E-state index contributed by atoms with van der Waals surface area (Å²) in [6.07, 6.45) is 5.97. The Labute approximate surface area is 123 Å². The van der Waals surface area contributed by atoms with Crippen LogP contribution in [0.3, 0.4) is 0 Å². The Bertz CT molecular complexity index is 512. The second kappa shape index (κ2) is 4.84. The van der Waals surface area contributed by atoms with Gasteiger partial charge >= 0.3 is 0 Å². The first-order valence-electron chi connectivity index (χ1n) is 6.50. The SMILES string of the molecule is O=C1N(Cc2ccccc2)[C@@H]2CCC=C[C@@H]2C1(Cl)Cl. The number of hydrogen-bond donors (Lipinski definition) is 0. The highest BCUT2D eigenvalue weighted by molar-refractivity contribution is 6.59. The molecular formula is C15H15Cl2NO. The molecule has 2 aliphatic rings. The lowest BCUT2D eigenvalue weighted by atomic mass is 9.90. The van der Waals surface area contributed by atoms with Gasteiger partial charge in [-0.05, 0) is 18.4 Å². The Balaban J connectivity index is 1.89. The van der Waals surface area contributed by atoms with Crippen LogP contribution < -0.4 is 0 Å². The third-order valence-corrected chi connectivity index (χ3v) is 4.78. The molecule has 0 N–H and O–H groups in total. The average Bonchev–Trinajstić information content (AvgIpc) is 2.62. The third kappa shape index (κ3) is 2.17. The van der Waals surface area contributed by atoms with Crippen LogP contribution in [-0.4, -0.2) is 21.2 Å². The van der Waals surface area contributed by atoms with Crippen LogP contribution in [0.2, 0.25) is 0 Å². The Kier molecular flexibility index (Phi) is 3.32. The van der Waals surface area contributed by atoms with Crippen molar-refractivity contribution in [3.8, 4) is 0 Å². The number of nitrogens with zero attached hydrogens (tertiary/aromatic N) is 1. The molecule has 1 saturated heterocycles. The molecule has 1 aromatic carbocycles. The van der Waals surface area contributed by atoms with Gasteiger partial charge in [0.25, 0.3) is 5.91 Å². The van der Waals surface area contributed by atoms with Gasteiger partial charge in [-0.3, -0.25) is 4.79 Å². The van der Waals surface area contributed by atoms with Crippen LogP contribution in [0.4, 0.5) is 0 Å². The fourth-order valence-electron chi connectivity index (χ4n) is 2.98. The molecular weight excluding hydrogens is 281 g/mol. The molecule has 0 aromatic heterocycles. The number of amides is 1. The quantitative estimate of drug-likeness (QED) is 0.604. The topological polar surface area (TPSA) is 20.3 Å². The molecule has 0 unspecified atom stereocenters. The van der Waals surface area contributed by atoms with E-state index >= 15 is 0 Å². The van der Waals surface area contributed by atoms with Crippen LogP contribution in [0, 0.1) is 5.92 Å². The van der Waals surface area contributed by atoms with Crippen molar-refractivity contribution in [2.75, 3.05) is 0 Å². The Morgan fingerprint density at radius 1 is 1.26 bits per heavy atom. The van der Waals surface area contributed by atoms with Gasteiger partial charge in [0.1, 0.15) is 0 Å². The van der Waals surface area contributed by atoms with Gasteiger partial charge in [-0.1, -0.05) is 65.7 Å². The van der Waals surface area contributed by atoms with Gasteiger partial charge in [0.15, 0.2) is 0 Å². The molecule has 2 nitrogen and oxygen atoms in total. The molecule has 0 bridgehead atoms. The van der Waals surface area contributed by atoms with Crippen LogP contribution in [0.1, 0.15) is 18.4 Å². The van der Waals surface area contributed by atoms with Crippen molar-refractivity contribution in [3.63, 3.8) is 0 Å². The van der Waals surface area contributed by atoms with Gasteiger partial charge in [0.05, 0.1) is 0 Å². The minimum atomic E-state index is -1.31. The summed E-state index contributed by atoms with van der Waals surface area (Å²) < 4.78 is -1.31. The standard InChI is InChI=1S/C15H15Cl2NO/c16-15(17)12-8-4-5-9-13(12)18(14(15)19)10-11-6-2-1-3-7-11/h1-4,6-8,12-13H,5,9-10H2/t12-,13+/m0/s1. The second-order valence-corrected chi connectivity index (χ2v) is 6.53. The van der Waals surface area contributed by atoms with E-state index in [9.17, 15) is 4.79 Å². The van der Waals surface area contributed by atoms with E-state index in [-0.39, 0.29) is 17.9 Å². The van der Waals surface area contributed by atoms with Crippen molar-refractivity contribution in [1.82, 2.24) is 4.90 Å². The maximum absolute atomic E-state index is 12.4. The van der Waals surface area contributed by atoms with E-state index in [0.717, 1.165) is 18.4 Å². The van der Waals surface area contributed by atoms with Gasteiger partial charge in [-0.2, -0.15) is 0 Å². The smallest absolute Gasteiger partial charge is 0.260 e. The molecule has 0 spiro atoms. The van der Waals surface area contributed by atoms with Crippen LogP contribution >= 0.6 is 23.2 Å². The van der Waals surface area contributed by atoms with E-state index in [0.29, 0.717) is 6.54 Å². The maximum Gasteiger partial charge on any atom is 0.260 e. The molecule has 1 amide bonds.